The van der Waals surface area contributed by atoms with Crippen molar-refractivity contribution in [3.8, 4) is 5.75 Å². The number of carbonyl (C=O) groups excluding carboxylic acids is 1. The molecule has 2 aromatic carbocycles. The number of nitrogens with one attached hydrogen (secondary N) is 1. The van der Waals surface area contributed by atoms with Crippen molar-refractivity contribution in [2.24, 2.45) is 0 Å². The molecule has 0 saturated carbocycles. The van der Waals surface area contributed by atoms with Gasteiger partial charge in [0.25, 0.3) is 5.69 Å². The molecule has 6 heteroatoms. The number of nitrogens with zero attached hydrogens (tertiary/aromatic N) is 1. The molecule has 2 rings (SSSR count). The van der Waals surface area contributed by atoms with Gasteiger partial charge in [-0.3, -0.25) is 10.1 Å². The lowest BCUT2D eigenvalue weighted by atomic mass is 10.1. The number of hydrogen-bond donors (Lipinski definition) is 1. The fraction of sp³-hybridized carbons (Fsp3) is 0.188. The molecule has 0 aromatic heterocycles. The molecule has 0 spiro atoms. The van der Waals surface area contributed by atoms with Crippen LogP contribution in [-0.4, -0.2) is 17.1 Å². The Hall–Kier alpha value is -2.89. The fourth-order valence-electron chi connectivity index (χ4n) is 1.99. The third-order valence-corrected chi connectivity index (χ3v) is 3.01. The van der Waals surface area contributed by atoms with Crippen molar-refractivity contribution >= 4 is 11.8 Å². The lowest BCUT2D eigenvalue weighted by molar-refractivity contribution is -0.384. The monoisotopic (exact) mass is 300 g/mol. The van der Waals surface area contributed by atoms with Gasteiger partial charge in [0.2, 0.25) is 0 Å². The van der Waals surface area contributed by atoms with Crippen molar-refractivity contribution in [3.05, 3.63) is 70.3 Å². The highest BCUT2D eigenvalue weighted by Gasteiger charge is 2.11. The summed E-state index contributed by atoms with van der Waals surface area (Å²) in [5, 5.41) is 13.3. The van der Waals surface area contributed by atoms with Gasteiger partial charge in [-0.1, -0.05) is 30.3 Å². The van der Waals surface area contributed by atoms with Gasteiger partial charge in [0.1, 0.15) is 5.75 Å². The number of rotatable bonds is 5. The standard InChI is InChI=1S/C16H16N2O4/c1-12(11-13-5-3-2-4-6-13)17-16(19)22-15-9-7-14(8-10-15)18(20)21/h2-10,12H,11H2,1H3,(H,17,19)/t12-/m0/s1. The largest absolute Gasteiger partial charge is 0.412 e. The molecule has 0 aliphatic heterocycles. The zero-order valence-electron chi connectivity index (χ0n) is 12.1. The fourth-order valence-corrected chi connectivity index (χ4v) is 1.99. The maximum absolute atomic E-state index is 11.8. The maximum atomic E-state index is 11.8. The number of ether oxygens (including phenoxy) is 1. The molecule has 0 radical (unpaired) electrons. The van der Waals surface area contributed by atoms with E-state index in [1.54, 1.807) is 0 Å². The van der Waals surface area contributed by atoms with Crippen LogP contribution in [0.4, 0.5) is 10.5 Å². The van der Waals surface area contributed by atoms with Crippen LogP contribution in [0.5, 0.6) is 5.75 Å². The molecule has 22 heavy (non-hydrogen) atoms. The van der Waals surface area contributed by atoms with Crippen molar-refractivity contribution in [1.29, 1.82) is 0 Å². The van der Waals surface area contributed by atoms with E-state index >= 15 is 0 Å². The molecule has 0 aliphatic carbocycles. The highest BCUT2D eigenvalue weighted by atomic mass is 16.6. The van der Waals surface area contributed by atoms with E-state index in [-0.39, 0.29) is 17.5 Å². The molecule has 1 N–H and O–H groups in total. The summed E-state index contributed by atoms with van der Waals surface area (Å²) < 4.78 is 5.08. The second kappa shape index (κ2) is 7.21. The van der Waals surface area contributed by atoms with E-state index in [0.717, 1.165) is 5.56 Å². The summed E-state index contributed by atoms with van der Waals surface area (Å²) in [5.74, 6) is 0.259. The van der Waals surface area contributed by atoms with E-state index in [0.29, 0.717) is 6.42 Å². The first-order valence-electron chi connectivity index (χ1n) is 6.81. The molecule has 114 valence electrons. The highest BCUT2D eigenvalue weighted by Crippen LogP contribution is 2.17. The van der Waals surface area contributed by atoms with Gasteiger partial charge >= 0.3 is 6.09 Å². The Labute approximate surface area is 127 Å². The van der Waals surface area contributed by atoms with E-state index < -0.39 is 11.0 Å². The topological polar surface area (TPSA) is 81.5 Å². The average molecular weight is 300 g/mol. The van der Waals surface area contributed by atoms with E-state index in [2.05, 4.69) is 5.32 Å². The summed E-state index contributed by atoms with van der Waals surface area (Å²) in [6, 6.07) is 15.1. The normalized spacial score (nSPS) is 11.5. The van der Waals surface area contributed by atoms with E-state index in [4.69, 9.17) is 4.74 Å². The van der Waals surface area contributed by atoms with E-state index in [1.165, 1.54) is 24.3 Å². The Morgan fingerprint density at radius 1 is 1.18 bits per heavy atom. The summed E-state index contributed by atoms with van der Waals surface area (Å²) in [6.07, 6.45) is 0.105. The Bertz CT molecular complexity index is 641. The third-order valence-electron chi connectivity index (χ3n) is 3.01. The zero-order chi connectivity index (χ0) is 15.9. The molecule has 1 atom stereocenters. The van der Waals surface area contributed by atoms with Gasteiger partial charge in [0, 0.05) is 18.2 Å². The first-order chi connectivity index (χ1) is 10.5. The summed E-state index contributed by atoms with van der Waals surface area (Å²) >= 11 is 0. The summed E-state index contributed by atoms with van der Waals surface area (Å²) in [5.41, 5.74) is 1.07. The minimum atomic E-state index is -0.586. The highest BCUT2D eigenvalue weighted by molar-refractivity contribution is 5.70. The van der Waals surface area contributed by atoms with Crippen LogP contribution in [0, 0.1) is 10.1 Å². The molecular formula is C16H16N2O4. The minimum Gasteiger partial charge on any atom is -0.410 e. The molecular weight excluding hydrogens is 284 g/mol. The van der Waals surface area contributed by atoms with Crippen molar-refractivity contribution in [3.63, 3.8) is 0 Å². The van der Waals surface area contributed by atoms with Gasteiger partial charge in [-0.25, -0.2) is 4.79 Å². The van der Waals surface area contributed by atoms with Gasteiger partial charge < -0.3 is 10.1 Å². The van der Waals surface area contributed by atoms with Crippen molar-refractivity contribution in [2.45, 2.75) is 19.4 Å². The summed E-state index contributed by atoms with van der Waals surface area (Å²) in [7, 11) is 0. The van der Waals surface area contributed by atoms with Gasteiger partial charge in [0.05, 0.1) is 4.92 Å². The van der Waals surface area contributed by atoms with Gasteiger partial charge in [-0.15, -0.1) is 0 Å². The molecule has 0 saturated heterocycles. The molecule has 0 fully saturated rings. The lowest BCUT2D eigenvalue weighted by Gasteiger charge is -2.13. The SMILES string of the molecule is C[C@@H](Cc1ccccc1)NC(=O)Oc1ccc([N+](=O)[O-])cc1. The molecule has 0 unspecified atom stereocenters. The number of nitro benzene ring substituents is 1. The number of hydrogen-bond acceptors (Lipinski definition) is 4. The minimum absolute atomic E-state index is 0.0507. The van der Waals surface area contributed by atoms with Crippen molar-refractivity contribution in [2.75, 3.05) is 0 Å². The predicted molar refractivity (Wildman–Crippen MR) is 81.9 cm³/mol. The van der Waals surface area contributed by atoms with Crippen LogP contribution in [-0.2, 0) is 6.42 Å². The maximum Gasteiger partial charge on any atom is 0.412 e. The quantitative estimate of drug-likeness (QED) is 0.678. The Morgan fingerprint density at radius 3 is 2.41 bits per heavy atom. The van der Waals surface area contributed by atoms with E-state index in [1.807, 2.05) is 37.3 Å². The van der Waals surface area contributed by atoms with Crippen molar-refractivity contribution in [1.82, 2.24) is 5.32 Å². The van der Waals surface area contributed by atoms with Crippen LogP contribution in [0.3, 0.4) is 0 Å². The van der Waals surface area contributed by atoms with Gasteiger partial charge in [-0.05, 0) is 31.0 Å². The van der Waals surface area contributed by atoms with Gasteiger partial charge in [0.15, 0.2) is 0 Å². The number of amides is 1. The predicted octanol–water partition coefficient (Wildman–Crippen LogP) is 3.31. The van der Waals surface area contributed by atoms with Crippen LogP contribution in [0.15, 0.2) is 54.6 Å². The number of nitro groups is 1. The van der Waals surface area contributed by atoms with Crippen LogP contribution >= 0.6 is 0 Å². The molecule has 0 bridgehead atoms. The van der Waals surface area contributed by atoms with Crippen LogP contribution < -0.4 is 10.1 Å². The van der Waals surface area contributed by atoms with Crippen molar-refractivity contribution < 1.29 is 14.5 Å². The first kappa shape index (κ1) is 15.5. The second-order valence-corrected chi connectivity index (χ2v) is 4.88. The summed E-state index contributed by atoms with van der Waals surface area (Å²) in [4.78, 5) is 21.8. The molecule has 0 heterocycles. The van der Waals surface area contributed by atoms with Gasteiger partial charge in [-0.2, -0.15) is 0 Å². The zero-order valence-corrected chi connectivity index (χ0v) is 12.1. The molecule has 0 aliphatic rings. The number of benzene rings is 2. The van der Waals surface area contributed by atoms with E-state index in [9.17, 15) is 14.9 Å². The second-order valence-electron chi connectivity index (χ2n) is 4.88. The van der Waals surface area contributed by atoms with Crippen LogP contribution in [0.2, 0.25) is 0 Å². The van der Waals surface area contributed by atoms with Crippen LogP contribution in [0.1, 0.15) is 12.5 Å². The third kappa shape index (κ3) is 4.59. The molecule has 2 aromatic rings. The number of carbonyl (C=O) groups is 1. The average Bonchev–Trinajstić information content (AvgIpc) is 2.48. The first-order valence-corrected chi connectivity index (χ1v) is 6.81. The smallest absolute Gasteiger partial charge is 0.410 e. The molecule has 6 nitrogen and oxygen atoms in total. The van der Waals surface area contributed by atoms with Crippen LogP contribution in [0.25, 0.3) is 0 Å². The lowest BCUT2D eigenvalue weighted by Crippen LogP contribution is -2.36. The Balaban J connectivity index is 1.85. The Morgan fingerprint density at radius 2 is 1.82 bits per heavy atom. The number of non-ortho nitro benzene ring substituents is 1. The molecule has 1 amide bonds. The Kier molecular flexibility index (Phi) is 5.08. The summed E-state index contributed by atoms with van der Waals surface area (Å²) in [6.45, 7) is 1.88.